The molecule has 1 aromatic carbocycles. The van der Waals surface area contributed by atoms with Gasteiger partial charge in [-0.3, -0.25) is 9.78 Å². The lowest BCUT2D eigenvalue weighted by molar-refractivity contribution is -0.141. The van der Waals surface area contributed by atoms with Gasteiger partial charge in [-0.05, 0) is 44.0 Å². The summed E-state index contributed by atoms with van der Waals surface area (Å²) in [5, 5.41) is 9.84. The fraction of sp³-hybridized carbons (Fsp3) is 0.389. The van der Waals surface area contributed by atoms with E-state index >= 15 is 0 Å². The van der Waals surface area contributed by atoms with Crippen molar-refractivity contribution in [2.45, 2.75) is 31.7 Å². The van der Waals surface area contributed by atoms with E-state index in [1.807, 2.05) is 12.1 Å². The van der Waals surface area contributed by atoms with Crippen LogP contribution in [0.3, 0.4) is 0 Å². The van der Waals surface area contributed by atoms with Crippen LogP contribution < -0.4 is 4.74 Å². The van der Waals surface area contributed by atoms with Gasteiger partial charge in [0.05, 0.1) is 18.2 Å². The first-order valence-electron chi connectivity index (χ1n) is 7.91. The van der Waals surface area contributed by atoms with Gasteiger partial charge in [0, 0.05) is 24.0 Å². The van der Waals surface area contributed by atoms with E-state index in [-0.39, 0.29) is 5.91 Å². The molecule has 3 rings (SSSR count). The fourth-order valence-electron chi connectivity index (χ4n) is 2.65. The van der Waals surface area contributed by atoms with Crippen molar-refractivity contribution in [1.29, 1.82) is 0 Å². The molecule has 1 saturated carbocycles. The van der Waals surface area contributed by atoms with E-state index < -0.39 is 12.0 Å². The maximum Gasteiger partial charge on any atom is 0.326 e. The molecule has 1 aromatic heterocycles. The second-order valence-electron chi connectivity index (χ2n) is 6.18. The molecule has 0 spiro atoms. The molecule has 1 N–H and O–H groups in total. The summed E-state index contributed by atoms with van der Waals surface area (Å²) in [6.45, 7) is 1.49. The SMILES string of the molecule is COc1ccc2nc(C3CC3)cc(C(=O)N(C)C(C)C(=O)O)c2c1. The van der Waals surface area contributed by atoms with Gasteiger partial charge < -0.3 is 14.7 Å². The molecule has 1 fully saturated rings. The Hall–Kier alpha value is -2.63. The number of ether oxygens (including phenoxy) is 1. The van der Waals surface area contributed by atoms with Crippen molar-refractivity contribution in [3.63, 3.8) is 0 Å². The third-order valence-electron chi connectivity index (χ3n) is 4.52. The molecular formula is C18H20N2O4. The molecule has 0 aliphatic heterocycles. The van der Waals surface area contributed by atoms with Crippen LogP contribution in [0.1, 0.15) is 41.7 Å². The number of likely N-dealkylation sites (N-methyl/N-ethyl adjacent to an activating group) is 1. The van der Waals surface area contributed by atoms with Gasteiger partial charge in [-0.1, -0.05) is 0 Å². The van der Waals surface area contributed by atoms with E-state index in [1.165, 1.54) is 18.9 Å². The number of hydrogen-bond donors (Lipinski definition) is 1. The van der Waals surface area contributed by atoms with Gasteiger partial charge in [0.2, 0.25) is 0 Å². The first-order chi connectivity index (χ1) is 11.4. The number of aromatic nitrogens is 1. The quantitative estimate of drug-likeness (QED) is 0.913. The Morgan fingerprint density at radius 1 is 1.33 bits per heavy atom. The number of fused-ring (bicyclic) bond motifs is 1. The fourth-order valence-corrected chi connectivity index (χ4v) is 2.65. The van der Waals surface area contributed by atoms with E-state index in [4.69, 9.17) is 4.74 Å². The van der Waals surface area contributed by atoms with Crippen molar-refractivity contribution >= 4 is 22.8 Å². The Bertz CT molecular complexity index is 814. The highest BCUT2D eigenvalue weighted by Crippen LogP contribution is 2.40. The van der Waals surface area contributed by atoms with Crippen LogP contribution in [0.2, 0.25) is 0 Å². The van der Waals surface area contributed by atoms with Gasteiger partial charge in [0.1, 0.15) is 11.8 Å². The van der Waals surface area contributed by atoms with Crippen LogP contribution in [0.25, 0.3) is 10.9 Å². The molecule has 1 aliphatic carbocycles. The molecule has 1 atom stereocenters. The normalized spacial score (nSPS) is 15.1. The zero-order valence-electron chi connectivity index (χ0n) is 13.9. The first-order valence-corrected chi connectivity index (χ1v) is 7.91. The van der Waals surface area contributed by atoms with Crippen LogP contribution in [-0.4, -0.2) is 47.1 Å². The highest BCUT2D eigenvalue weighted by atomic mass is 16.5. The molecule has 1 aliphatic rings. The highest BCUT2D eigenvalue weighted by Gasteiger charge is 2.29. The number of rotatable bonds is 5. The average Bonchev–Trinajstić information content (AvgIpc) is 3.43. The number of pyridine rings is 1. The summed E-state index contributed by atoms with van der Waals surface area (Å²) < 4.78 is 5.25. The van der Waals surface area contributed by atoms with E-state index in [0.29, 0.717) is 22.6 Å². The minimum atomic E-state index is -1.04. The smallest absolute Gasteiger partial charge is 0.326 e. The molecule has 0 saturated heterocycles. The Kier molecular flexibility index (Phi) is 4.13. The highest BCUT2D eigenvalue weighted by molar-refractivity contribution is 6.07. The standard InChI is InChI=1S/C18H20N2O4/c1-10(18(22)23)20(2)17(21)14-9-16(11-4-5-11)19-15-7-6-12(24-3)8-13(14)15/h6-11H,4-5H2,1-3H3,(H,22,23). The summed E-state index contributed by atoms with van der Waals surface area (Å²) in [6.07, 6.45) is 2.15. The van der Waals surface area contributed by atoms with E-state index in [0.717, 1.165) is 24.1 Å². The molecule has 6 nitrogen and oxygen atoms in total. The summed E-state index contributed by atoms with van der Waals surface area (Å²) in [6, 6.07) is 6.30. The molecule has 2 aromatic rings. The lowest BCUT2D eigenvalue weighted by Gasteiger charge is -2.22. The van der Waals surface area contributed by atoms with Crippen molar-refractivity contribution in [2.75, 3.05) is 14.2 Å². The maximum atomic E-state index is 12.9. The topological polar surface area (TPSA) is 79.7 Å². The second kappa shape index (κ2) is 6.11. The summed E-state index contributed by atoms with van der Waals surface area (Å²) in [4.78, 5) is 30.0. The molecule has 126 valence electrons. The van der Waals surface area contributed by atoms with Gasteiger partial charge >= 0.3 is 5.97 Å². The largest absolute Gasteiger partial charge is 0.497 e. The number of nitrogens with zero attached hydrogens (tertiary/aromatic N) is 2. The Morgan fingerprint density at radius 3 is 2.62 bits per heavy atom. The molecule has 1 amide bonds. The van der Waals surface area contributed by atoms with Crippen LogP contribution in [0.15, 0.2) is 24.3 Å². The third kappa shape index (κ3) is 2.91. The van der Waals surface area contributed by atoms with Crippen molar-refractivity contribution in [2.24, 2.45) is 0 Å². The van der Waals surface area contributed by atoms with Crippen molar-refractivity contribution in [3.05, 3.63) is 35.5 Å². The number of benzene rings is 1. The van der Waals surface area contributed by atoms with Crippen LogP contribution in [0.4, 0.5) is 0 Å². The van der Waals surface area contributed by atoms with Gasteiger partial charge in [0.25, 0.3) is 5.91 Å². The van der Waals surface area contributed by atoms with Gasteiger partial charge in [-0.25, -0.2) is 4.79 Å². The molecule has 6 heteroatoms. The molecule has 0 bridgehead atoms. The zero-order valence-corrected chi connectivity index (χ0v) is 13.9. The number of carboxylic acids is 1. The van der Waals surface area contributed by atoms with Crippen molar-refractivity contribution in [1.82, 2.24) is 9.88 Å². The lowest BCUT2D eigenvalue weighted by atomic mass is 10.0. The number of carbonyl (C=O) groups is 2. The number of hydrogen-bond acceptors (Lipinski definition) is 4. The molecule has 24 heavy (non-hydrogen) atoms. The zero-order chi connectivity index (χ0) is 17.4. The number of amides is 1. The number of aliphatic carboxylic acids is 1. The summed E-state index contributed by atoms with van der Waals surface area (Å²) in [7, 11) is 3.07. The predicted octanol–water partition coefficient (Wildman–Crippen LogP) is 2.67. The van der Waals surface area contributed by atoms with E-state index in [1.54, 1.807) is 19.2 Å². The summed E-state index contributed by atoms with van der Waals surface area (Å²) >= 11 is 0. The Balaban J connectivity index is 2.12. The molecule has 1 unspecified atom stereocenters. The summed E-state index contributed by atoms with van der Waals surface area (Å²) in [5.41, 5.74) is 2.09. The first kappa shape index (κ1) is 16.2. The number of methoxy groups -OCH3 is 1. The average molecular weight is 328 g/mol. The monoisotopic (exact) mass is 328 g/mol. The number of carbonyl (C=O) groups excluding carboxylic acids is 1. The molecule has 0 radical (unpaired) electrons. The summed E-state index contributed by atoms with van der Waals surface area (Å²) in [5.74, 6) is -0.339. The van der Waals surface area contributed by atoms with E-state index in [2.05, 4.69) is 4.98 Å². The van der Waals surface area contributed by atoms with Gasteiger partial charge in [0.15, 0.2) is 0 Å². The molecular weight excluding hydrogens is 308 g/mol. The third-order valence-corrected chi connectivity index (χ3v) is 4.52. The van der Waals surface area contributed by atoms with Crippen LogP contribution in [0.5, 0.6) is 5.75 Å². The van der Waals surface area contributed by atoms with Crippen molar-refractivity contribution in [3.8, 4) is 5.75 Å². The maximum absolute atomic E-state index is 12.9. The minimum absolute atomic E-state index is 0.326. The Labute approximate surface area is 140 Å². The van der Waals surface area contributed by atoms with Crippen LogP contribution in [-0.2, 0) is 4.79 Å². The molecule has 1 heterocycles. The minimum Gasteiger partial charge on any atom is -0.497 e. The van der Waals surface area contributed by atoms with E-state index in [9.17, 15) is 14.7 Å². The predicted molar refractivity (Wildman–Crippen MR) is 89.5 cm³/mol. The van der Waals surface area contributed by atoms with Crippen LogP contribution >= 0.6 is 0 Å². The second-order valence-corrected chi connectivity index (χ2v) is 6.18. The van der Waals surface area contributed by atoms with Crippen LogP contribution in [0, 0.1) is 0 Å². The van der Waals surface area contributed by atoms with Gasteiger partial charge in [-0.15, -0.1) is 0 Å². The Morgan fingerprint density at radius 2 is 2.04 bits per heavy atom. The van der Waals surface area contributed by atoms with Crippen molar-refractivity contribution < 1.29 is 19.4 Å². The number of carboxylic acid groups (broad SMARTS) is 1. The lowest BCUT2D eigenvalue weighted by Crippen LogP contribution is -2.40. The van der Waals surface area contributed by atoms with Gasteiger partial charge in [-0.2, -0.15) is 0 Å².